The van der Waals surface area contributed by atoms with E-state index in [9.17, 15) is 4.79 Å². The van der Waals surface area contributed by atoms with E-state index in [0.717, 1.165) is 31.5 Å². The SMILES string of the molecule is CCCN(CCC)c1ccc(/C=N\NC(=O)c2ccc(Cl)cc2)cc1. The van der Waals surface area contributed by atoms with Crippen LogP contribution >= 0.6 is 11.6 Å². The van der Waals surface area contributed by atoms with E-state index in [4.69, 9.17) is 11.6 Å². The van der Waals surface area contributed by atoms with E-state index in [-0.39, 0.29) is 5.91 Å². The predicted molar refractivity (Wildman–Crippen MR) is 106 cm³/mol. The molecule has 2 aromatic rings. The lowest BCUT2D eigenvalue weighted by molar-refractivity contribution is 0.0955. The number of nitrogens with zero attached hydrogens (tertiary/aromatic N) is 2. The minimum Gasteiger partial charge on any atom is -0.372 e. The largest absolute Gasteiger partial charge is 0.372 e. The fraction of sp³-hybridized carbons (Fsp3) is 0.300. The number of hydrogen-bond acceptors (Lipinski definition) is 3. The van der Waals surface area contributed by atoms with Crippen LogP contribution in [0, 0.1) is 0 Å². The van der Waals surface area contributed by atoms with Gasteiger partial charge >= 0.3 is 0 Å². The lowest BCUT2D eigenvalue weighted by Gasteiger charge is -2.23. The number of amides is 1. The third-order valence-corrected chi connectivity index (χ3v) is 3.98. The monoisotopic (exact) mass is 357 g/mol. The molecular formula is C20H24ClN3O. The summed E-state index contributed by atoms with van der Waals surface area (Å²) in [7, 11) is 0. The maximum absolute atomic E-state index is 12.0. The molecule has 25 heavy (non-hydrogen) atoms. The second kappa shape index (κ2) is 9.84. The first kappa shape index (κ1) is 19.0. The van der Waals surface area contributed by atoms with E-state index < -0.39 is 0 Å². The van der Waals surface area contributed by atoms with Gasteiger partial charge in [-0.2, -0.15) is 5.10 Å². The summed E-state index contributed by atoms with van der Waals surface area (Å²) in [6, 6.07) is 14.9. The minimum absolute atomic E-state index is 0.262. The van der Waals surface area contributed by atoms with Gasteiger partial charge in [0.25, 0.3) is 5.91 Å². The molecule has 5 heteroatoms. The van der Waals surface area contributed by atoms with Crippen LogP contribution in [0.4, 0.5) is 5.69 Å². The highest BCUT2D eigenvalue weighted by molar-refractivity contribution is 6.30. The lowest BCUT2D eigenvalue weighted by Crippen LogP contribution is -2.24. The summed E-state index contributed by atoms with van der Waals surface area (Å²) in [6.45, 7) is 6.48. The molecule has 0 aliphatic rings. The van der Waals surface area contributed by atoms with E-state index in [2.05, 4.69) is 41.4 Å². The molecule has 0 fully saturated rings. The van der Waals surface area contributed by atoms with E-state index in [0.29, 0.717) is 10.6 Å². The molecule has 0 bridgehead atoms. The molecule has 0 aliphatic carbocycles. The summed E-state index contributed by atoms with van der Waals surface area (Å²) >= 11 is 5.81. The normalized spacial score (nSPS) is 10.8. The number of nitrogens with one attached hydrogen (secondary N) is 1. The molecule has 0 heterocycles. The Hall–Kier alpha value is -2.33. The number of hydrogen-bond donors (Lipinski definition) is 1. The first-order valence-electron chi connectivity index (χ1n) is 8.58. The zero-order valence-electron chi connectivity index (χ0n) is 14.7. The minimum atomic E-state index is -0.262. The number of benzene rings is 2. The van der Waals surface area contributed by atoms with Gasteiger partial charge in [-0.25, -0.2) is 5.43 Å². The van der Waals surface area contributed by atoms with Crippen LogP contribution in [0.3, 0.4) is 0 Å². The highest BCUT2D eigenvalue weighted by Gasteiger charge is 2.05. The van der Waals surface area contributed by atoms with Crippen LogP contribution in [0.25, 0.3) is 0 Å². The van der Waals surface area contributed by atoms with Crippen LogP contribution in [0.5, 0.6) is 0 Å². The molecule has 4 nitrogen and oxygen atoms in total. The molecule has 2 aromatic carbocycles. The molecule has 0 aromatic heterocycles. The molecule has 0 unspecified atom stereocenters. The average Bonchev–Trinajstić information content (AvgIpc) is 2.62. The molecule has 1 N–H and O–H groups in total. The van der Waals surface area contributed by atoms with Crippen molar-refractivity contribution in [1.29, 1.82) is 0 Å². The second-order valence-electron chi connectivity index (χ2n) is 5.78. The number of rotatable bonds is 8. The zero-order valence-corrected chi connectivity index (χ0v) is 15.5. The van der Waals surface area contributed by atoms with Crippen molar-refractivity contribution in [2.75, 3.05) is 18.0 Å². The summed E-state index contributed by atoms with van der Waals surface area (Å²) in [4.78, 5) is 14.3. The molecule has 0 saturated carbocycles. The molecule has 0 spiro atoms. The van der Waals surface area contributed by atoms with Gasteiger partial charge in [0.2, 0.25) is 0 Å². The Balaban J connectivity index is 1.94. The van der Waals surface area contributed by atoms with Crippen molar-refractivity contribution in [3.8, 4) is 0 Å². The smallest absolute Gasteiger partial charge is 0.271 e. The van der Waals surface area contributed by atoms with Crippen molar-refractivity contribution >= 4 is 29.4 Å². The number of anilines is 1. The molecule has 2 rings (SSSR count). The average molecular weight is 358 g/mol. The summed E-state index contributed by atoms with van der Waals surface area (Å²) in [5, 5.41) is 4.61. The number of hydrazone groups is 1. The Labute approximate surface area is 154 Å². The first-order valence-corrected chi connectivity index (χ1v) is 8.95. The van der Waals surface area contributed by atoms with Crippen LogP contribution in [-0.4, -0.2) is 25.2 Å². The van der Waals surface area contributed by atoms with Gasteiger partial charge in [0.15, 0.2) is 0 Å². The summed E-state index contributed by atoms with van der Waals surface area (Å²) in [5.74, 6) is -0.262. The van der Waals surface area contributed by atoms with E-state index >= 15 is 0 Å². The van der Waals surface area contributed by atoms with E-state index in [1.807, 2.05) is 12.1 Å². The predicted octanol–water partition coefficient (Wildman–Crippen LogP) is 4.73. The third-order valence-electron chi connectivity index (χ3n) is 3.73. The Morgan fingerprint density at radius 3 is 2.20 bits per heavy atom. The highest BCUT2D eigenvalue weighted by atomic mass is 35.5. The van der Waals surface area contributed by atoms with Gasteiger partial charge in [-0.3, -0.25) is 4.79 Å². The fourth-order valence-electron chi connectivity index (χ4n) is 2.51. The summed E-state index contributed by atoms with van der Waals surface area (Å²) in [6.07, 6.45) is 3.89. The molecule has 0 saturated heterocycles. The topological polar surface area (TPSA) is 44.7 Å². The van der Waals surface area contributed by atoms with E-state index in [1.54, 1.807) is 30.5 Å². The molecule has 0 radical (unpaired) electrons. The number of carbonyl (C=O) groups excluding carboxylic acids is 1. The molecule has 0 aliphatic heterocycles. The van der Waals surface area contributed by atoms with Gasteiger partial charge in [-0.1, -0.05) is 37.6 Å². The van der Waals surface area contributed by atoms with Crippen molar-refractivity contribution in [3.63, 3.8) is 0 Å². The van der Waals surface area contributed by atoms with Crippen molar-refractivity contribution in [2.45, 2.75) is 26.7 Å². The van der Waals surface area contributed by atoms with Gasteiger partial charge in [0.1, 0.15) is 0 Å². The van der Waals surface area contributed by atoms with Crippen molar-refractivity contribution in [3.05, 3.63) is 64.7 Å². The molecule has 132 valence electrons. The summed E-state index contributed by atoms with van der Waals surface area (Å²) in [5.41, 5.74) is 5.19. The Kier molecular flexibility index (Phi) is 7.48. The van der Waals surface area contributed by atoms with Crippen molar-refractivity contribution in [1.82, 2.24) is 5.43 Å². The van der Waals surface area contributed by atoms with Crippen molar-refractivity contribution < 1.29 is 4.79 Å². The van der Waals surface area contributed by atoms with Crippen LogP contribution in [-0.2, 0) is 0 Å². The fourth-order valence-corrected chi connectivity index (χ4v) is 2.64. The van der Waals surface area contributed by atoms with Gasteiger partial charge in [0, 0.05) is 29.4 Å². The van der Waals surface area contributed by atoms with Gasteiger partial charge < -0.3 is 4.90 Å². The third kappa shape index (κ3) is 5.91. The number of carbonyl (C=O) groups is 1. The Morgan fingerprint density at radius 2 is 1.64 bits per heavy atom. The summed E-state index contributed by atoms with van der Waals surface area (Å²) < 4.78 is 0. The Morgan fingerprint density at radius 1 is 1.04 bits per heavy atom. The number of halogens is 1. The Bertz CT molecular complexity index is 690. The molecule has 0 atom stereocenters. The maximum atomic E-state index is 12.0. The van der Waals surface area contributed by atoms with E-state index in [1.165, 1.54) is 5.69 Å². The second-order valence-corrected chi connectivity index (χ2v) is 6.22. The quantitative estimate of drug-likeness (QED) is 0.548. The van der Waals surface area contributed by atoms with Gasteiger partial charge in [-0.05, 0) is 54.8 Å². The van der Waals surface area contributed by atoms with Gasteiger partial charge in [0.05, 0.1) is 6.21 Å². The molecular weight excluding hydrogens is 334 g/mol. The highest BCUT2D eigenvalue weighted by Crippen LogP contribution is 2.15. The van der Waals surface area contributed by atoms with Crippen LogP contribution < -0.4 is 10.3 Å². The van der Waals surface area contributed by atoms with Crippen LogP contribution in [0.2, 0.25) is 5.02 Å². The molecule has 1 amide bonds. The maximum Gasteiger partial charge on any atom is 0.271 e. The van der Waals surface area contributed by atoms with Crippen LogP contribution in [0.15, 0.2) is 53.6 Å². The first-order chi connectivity index (χ1) is 12.1. The zero-order chi connectivity index (χ0) is 18.1. The van der Waals surface area contributed by atoms with Crippen LogP contribution in [0.1, 0.15) is 42.6 Å². The van der Waals surface area contributed by atoms with Crippen molar-refractivity contribution in [2.24, 2.45) is 5.10 Å². The van der Waals surface area contributed by atoms with Gasteiger partial charge in [-0.15, -0.1) is 0 Å². The standard InChI is InChI=1S/C20H24ClN3O/c1-3-13-24(14-4-2)19-11-5-16(6-12-19)15-22-23-20(25)17-7-9-18(21)10-8-17/h5-12,15H,3-4,13-14H2,1-2H3,(H,23,25)/b22-15-. The lowest BCUT2D eigenvalue weighted by atomic mass is 10.2.